The monoisotopic (exact) mass is 224 g/mol. The van der Waals surface area contributed by atoms with Gasteiger partial charge in [0.25, 0.3) is 11.8 Å². The van der Waals surface area contributed by atoms with E-state index in [0.717, 1.165) is 19.6 Å². The number of hydrogen-bond donors (Lipinski definition) is 0. The van der Waals surface area contributed by atoms with Crippen LogP contribution in [0, 0.1) is 0 Å². The van der Waals surface area contributed by atoms with Crippen LogP contribution in [-0.2, 0) is 14.3 Å². The average molecular weight is 224 g/mol. The van der Waals surface area contributed by atoms with Crippen molar-refractivity contribution in [1.29, 1.82) is 0 Å². The Hall–Kier alpha value is -1.20. The Morgan fingerprint density at radius 3 is 2.69 bits per heavy atom. The zero-order valence-electron chi connectivity index (χ0n) is 9.39. The van der Waals surface area contributed by atoms with Crippen molar-refractivity contribution in [2.45, 2.75) is 13.0 Å². The number of morpholine rings is 1. The summed E-state index contributed by atoms with van der Waals surface area (Å²) >= 11 is 0. The van der Waals surface area contributed by atoms with E-state index in [9.17, 15) is 9.59 Å². The lowest BCUT2D eigenvalue weighted by Crippen LogP contribution is -2.48. The molecule has 16 heavy (non-hydrogen) atoms. The second-order valence-corrected chi connectivity index (χ2v) is 4.01. The smallest absolute Gasteiger partial charge is 0.253 e. The molecule has 1 atom stereocenters. The highest BCUT2D eigenvalue weighted by atomic mass is 16.5. The second-order valence-electron chi connectivity index (χ2n) is 4.01. The van der Waals surface area contributed by atoms with Crippen LogP contribution in [-0.4, -0.2) is 60.5 Å². The van der Waals surface area contributed by atoms with Crippen molar-refractivity contribution in [1.82, 2.24) is 9.80 Å². The minimum atomic E-state index is -0.234. The van der Waals surface area contributed by atoms with E-state index in [2.05, 4.69) is 11.8 Å². The molecule has 88 valence electrons. The largest absolute Gasteiger partial charge is 0.374 e. The van der Waals surface area contributed by atoms with Crippen LogP contribution in [0.3, 0.4) is 0 Å². The number of carbonyl (C=O) groups excluding carboxylic acids is 2. The van der Waals surface area contributed by atoms with E-state index in [1.165, 1.54) is 17.1 Å². The van der Waals surface area contributed by atoms with Gasteiger partial charge < -0.3 is 4.74 Å². The first-order valence-corrected chi connectivity index (χ1v) is 5.58. The molecule has 2 rings (SSSR count). The molecule has 0 saturated carbocycles. The third-order valence-corrected chi connectivity index (χ3v) is 2.96. The number of likely N-dealkylation sites (N-methyl/N-ethyl adjacent to an activating group) is 1. The van der Waals surface area contributed by atoms with Crippen molar-refractivity contribution >= 4 is 11.8 Å². The van der Waals surface area contributed by atoms with E-state index in [1.807, 2.05) is 0 Å². The molecule has 2 heterocycles. The van der Waals surface area contributed by atoms with Gasteiger partial charge in [-0.2, -0.15) is 0 Å². The normalized spacial score (nSPS) is 26.8. The van der Waals surface area contributed by atoms with Gasteiger partial charge in [0, 0.05) is 25.2 Å². The molecule has 0 bridgehead atoms. The molecule has 0 radical (unpaired) electrons. The van der Waals surface area contributed by atoms with Crippen molar-refractivity contribution in [3.05, 3.63) is 12.2 Å². The molecule has 0 aromatic carbocycles. The molecule has 5 nitrogen and oxygen atoms in total. The van der Waals surface area contributed by atoms with Crippen molar-refractivity contribution in [2.24, 2.45) is 0 Å². The summed E-state index contributed by atoms with van der Waals surface area (Å²) in [5, 5.41) is 0. The number of amides is 2. The highest BCUT2D eigenvalue weighted by Gasteiger charge is 2.29. The molecule has 2 amide bonds. The van der Waals surface area contributed by atoms with Gasteiger partial charge in [-0.3, -0.25) is 19.4 Å². The number of nitrogens with zero attached hydrogens (tertiary/aromatic N) is 2. The fourth-order valence-electron chi connectivity index (χ4n) is 1.99. The topological polar surface area (TPSA) is 49.9 Å². The van der Waals surface area contributed by atoms with E-state index in [4.69, 9.17) is 4.74 Å². The molecule has 0 aromatic rings. The highest BCUT2D eigenvalue weighted by Crippen LogP contribution is 2.10. The maximum atomic E-state index is 11.4. The standard InChI is InChI=1S/C11H16N2O3/c1-2-12-5-6-16-9(7-12)8-13-10(14)3-4-11(13)15/h3-4,9H,2,5-8H2,1H3. The summed E-state index contributed by atoms with van der Waals surface area (Å²) in [5.74, 6) is -0.468. The fraction of sp³-hybridized carbons (Fsp3) is 0.636. The Kier molecular flexibility index (Phi) is 3.36. The molecular weight excluding hydrogens is 208 g/mol. The number of rotatable bonds is 3. The van der Waals surface area contributed by atoms with Gasteiger partial charge >= 0.3 is 0 Å². The molecule has 0 aliphatic carbocycles. The quantitative estimate of drug-likeness (QED) is 0.614. The van der Waals surface area contributed by atoms with Gasteiger partial charge in [0.15, 0.2) is 0 Å². The van der Waals surface area contributed by atoms with Gasteiger partial charge in [0.1, 0.15) is 0 Å². The average Bonchev–Trinajstić information content (AvgIpc) is 2.61. The summed E-state index contributed by atoms with van der Waals surface area (Å²) in [7, 11) is 0. The van der Waals surface area contributed by atoms with E-state index in [1.54, 1.807) is 0 Å². The van der Waals surface area contributed by atoms with Crippen LogP contribution in [0.25, 0.3) is 0 Å². The van der Waals surface area contributed by atoms with Crippen LogP contribution < -0.4 is 0 Å². The third-order valence-electron chi connectivity index (χ3n) is 2.96. The van der Waals surface area contributed by atoms with Gasteiger partial charge in [-0.1, -0.05) is 6.92 Å². The van der Waals surface area contributed by atoms with Crippen molar-refractivity contribution in [2.75, 3.05) is 32.8 Å². The van der Waals surface area contributed by atoms with Crippen LogP contribution in [0.4, 0.5) is 0 Å². The number of carbonyl (C=O) groups is 2. The number of imide groups is 1. The maximum Gasteiger partial charge on any atom is 0.253 e. The van der Waals surface area contributed by atoms with Crippen LogP contribution in [0.1, 0.15) is 6.92 Å². The van der Waals surface area contributed by atoms with Crippen LogP contribution in [0.5, 0.6) is 0 Å². The summed E-state index contributed by atoms with van der Waals surface area (Å²) in [6, 6.07) is 0. The molecule has 2 aliphatic rings. The van der Waals surface area contributed by atoms with Crippen molar-refractivity contribution in [3.8, 4) is 0 Å². The molecule has 1 saturated heterocycles. The van der Waals surface area contributed by atoms with E-state index in [0.29, 0.717) is 13.2 Å². The molecule has 5 heteroatoms. The Bertz CT molecular complexity index is 309. The maximum absolute atomic E-state index is 11.4. The summed E-state index contributed by atoms with van der Waals surface area (Å²) < 4.78 is 5.55. The van der Waals surface area contributed by atoms with Crippen LogP contribution >= 0.6 is 0 Å². The third kappa shape index (κ3) is 2.31. The summed E-state index contributed by atoms with van der Waals surface area (Å²) in [6.07, 6.45) is 2.56. The molecule has 0 spiro atoms. The molecule has 1 fully saturated rings. The predicted octanol–water partition coefficient (Wildman–Crippen LogP) is -0.368. The Labute approximate surface area is 94.6 Å². The first-order valence-electron chi connectivity index (χ1n) is 5.58. The predicted molar refractivity (Wildman–Crippen MR) is 57.7 cm³/mol. The van der Waals surface area contributed by atoms with Gasteiger partial charge in [-0.15, -0.1) is 0 Å². The number of ether oxygens (including phenoxy) is 1. The minimum absolute atomic E-state index is 0.0542. The van der Waals surface area contributed by atoms with Gasteiger partial charge in [0.05, 0.1) is 19.3 Å². The first-order chi connectivity index (χ1) is 7.70. The van der Waals surface area contributed by atoms with E-state index < -0.39 is 0 Å². The minimum Gasteiger partial charge on any atom is -0.374 e. The Morgan fingerprint density at radius 2 is 2.06 bits per heavy atom. The van der Waals surface area contributed by atoms with Crippen LogP contribution in [0.2, 0.25) is 0 Å². The zero-order chi connectivity index (χ0) is 11.5. The molecule has 0 N–H and O–H groups in total. The van der Waals surface area contributed by atoms with Gasteiger partial charge in [0.2, 0.25) is 0 Å². The van der Waals surface area contributed by atoms with Gasteiger partial charge in [-0.05, 0) is 6.54 Å². The molecular formula is C11H16N2O3. The lowest BCUT2D eigenvalue weighted by Gasteiger charge is -2.33. The molecule has 0 aromatic heterocycles. The Morgan fingerprint density at radius 1 is 1.38 bits per heavy atom. The van der Waals surface area contributed by atoms with Crippen molar-refractivity contribution < 1.29 is 14.3 Å². The lowest BCUT2D eigenvalue weighted by atomic mass is 10.2. The number of hydrogen-bond acceptors (Lipinski definition) is 4. The van der Waals surface area contributed by atoms with Gasteiger partial charge in [-0.25, -0.2) is 0 Å². The second kappa shape index (κ2) is 4.76. The van der Waals surface area contributed by atoms with E-state index >= 15 is 0 Å². The fourth-order valence-corrected chi connectivity index (χ4v) is 1.99. The molecule has 2 aliphatic heterocycles. The zero-order valence-corrected chi connectivity index (χ0v) is 9.39. The summed E-state index contributed by atoms with van der Waals surface area (Å²) in [6.45, 7) is 5.81. The van der Waals surface area contributed by atoms with Crippen LogP contribution in [0.15, 0.2) is 12.2 Å². The van der Waals surface area contributed by atoms with E-state index in [-0.39, 0.29) is 17.9 Å². The summed E-state index contributed by atoms with van der Waals surface area (Å²) in [5.41, 5.74) is 0. The SMILES string of the molecule is CCN1CCOC(CN2C(=O)C=CC2=O)C1. The highest BCUT2D eigenvalue weighted by molar-refractivity contribution is 6.12. The Balaban J connectivity index is 1.89. The first kappa shape index (κ1) is 11.3. The summed E-state index contributed by atoms with van der Waals surface area (Å²) in [4.78, 5) is 26.2. The molecule has 1 unspecified atom stereocenters. The lowest BCUT2D eigenvalue weighted by molar-refractivity contribution is -0.140. The van der Waals surface area contributed by atoms with Crippen molar-refractivity contribution in [3.63, 3.8) is 0 Å².